The zero-order valence-electron chi connectivity index (χ0n) is 12.4. The highest BCUT2D eigenvalue weighted by atomic mass is 16.6. The number of rotatable bonds is 8. The van der Waals surface area contributed by atoms with Crippen molar-refractivity contribution in [3.8, 4) is 5.75 Å². The number of hydrogen-bond acceptors (Lipinski definition) is 5. The molecule has 7 heteroatoms. The number of ether oxygens (including phenoxy) is 1. The van der Waals surface area contributed by atoms with Crippen LogP contribution in [0.25, 0.3) is 0 Å². The summed E-state index contributed by atoms with van der Waals surface area (Å²) in [6.45, 7) is -0.274. The van der Waals surface area contributed by atoms with Crippen molar-refractivity contribution in [3.63, 3.8) is 0 Å². The SMILES string of the molecule is COc1ccc(/C=N\OCC(=O)NCC(=O)NC2CC2)cc1. The first-order chi connectivity index (χ1) is 10.7. The lowest BCUT2D eigenvalue weighted by Crippen LogP contribution is -2.39. The Morgan fingerprint density at radius 3 is 2.64 bits per heavy atom. The number of carbonyl (C=O) groups excluding carboxylic acids is 2. The summed E-state index contributed by atoms with van der Waals surface area (Å²) in [6, 6.07) is 7.51. The molecule has 1 aliphatic carbocycles. The highest BCUT2D eigenvalue weighted by Gasteiger charge is 2.23. The quantitative estimate of drug-likeness (QED) is 0.539. The second-order valence-electron chi connectivity index (χ2n) is 4.90. The number of nitrogens with one attached hydrogen (secondary N) is 2. The number of oxime groups is 1. The standard InChI is InChI=1S/C15H19N3O4/c1-21-13-6-2-11(3-7-13)8-17-22-10-15(20)16-9-14(19)18-12-4-5-12/h2-3,6-8,12H,4-5,9-10H2,1H3,(H,16,20)(H,18,19)/b17-8-. The van der Waals surface area contributed by atoms with Crippen molar-refractivity contribution in [1.29, 1.82) is 0 Å². The largest absolute Gasteiger partial charge is 0.497 e. The predicted octanol–water partition coefficient (Wildman–Crippen LogP) is 0.440. The van der Waals surface area contributed by atoms with E-state index in [9.17, 15) is 9.59 Å². The molecule has 0 bridgehead atoms. The second-order valence-corrected chi connectivity index (χ2v) is 4.90. The van der Waals surface area contributed by atoms with Gasteiger partial charge < -0.3 is 20.2 Å². The molecule has 0 aliphatic heterocycles. The van der Waals surface area contributed by atoms with Gasteiger partial charge in [-0.3, -0.25) is 9.59 Å². The van der Waals surface area contributed by atoms with Gasteiger partial charge in [-0.25, -0.2) is 0 Å². The van der Waals surface area contributed by atoms with Crippen LogP contribution in [0, 0.1) is 0 Å². The van der Waals surface area contributed by atoms with E-state index >= 15 is 0 Å². The maximum atomic E-state index is 11.4. The number of nitrogens with zero attached hydrogens (tertiary/aromatic N) is 1. The molecule has 1 aromatic rings. The topological polar surface area (TPSA) is 89.0 Å². The zero-order chi connectivity index (χ0) is 15.8. The van der Waals surface area contributed by atoms with Crippen LogP contribution in [0.4, 0.5) is 0 Å². The summed E-state index contributed by atoms with van der Waals surface area (Å²) < 4.78 is 5.04. The molecule has 0 spiro atoms. The Bertz CT molecular complexity index is 538. The van der Waals surface area contributed by atoms with Gasteiger partial charge in [-0.2, -0.15) is 0 Å². The second kappa shape index (κ2) is 8.02. The Morgan fingerprint density at radius 2 is 2.00 bits per heavy atom. The fourth-order valence-corrected chi connectivity index (χ4v) is 1.62. The molecule has 0 heterocycles. The average Bonchev–Trinajstić information content (AvgIpc) is 3.34. The van der Waals surface area contributed by atoms with Crippen molar-refractivity contribution in [3.05, 3.63) is 29.8 Å². The Kier molecular flexibility index (Phi) is 5.76. The number of carbonyl (C=O) groups is 2. The van der Waals surface area contributed by atoms with Crippen LogP contribution in [-0.2, 0) is 14.4 Å². The fraction of sp³-hybridized carbons (Fsp3) is 0.400. The Hall–Kier alpha value is -2.57. The molecule has 1 saturated carbocycles. The maximum absolute atomic E-state index is 11.4. The van der Waals surface area contributed by atoms with Gasteiger partial charge in [0.2, 0.25) is 5.91 Å². The molecule has 2 N–H and O–H groups in total. The molecule has 1 aromatic carbocycles. The molecular formula is C15H19N3O4. The lowest BCUT2D eigenvalue weighted by atomic mass is 10.2. The number of methoxy groups -OCH3 is 1. The molecule has 22 heavy (non-hydrogen) atoms. The molecule has 0 saturated heterocycles. The van der Waals surface area contributed by atoms with Gasteiger partial charge in [-0.1, -0.05) is 5.16 Å². The van der Waals surface area contributed by atoms with E-state index in [1.165, 1.54) is 6.21 Å². The summed E-state index contributed by atoms with van der Waals surface area (Å²) >= 11 is 0. The smallest absolute Gasteiger partial charge is 0.261 e. The number of amides is 2. The first-order valence-corrected chi connectivity index (χ1v) is 7.03. The van der Waals surface area contributed by atoms with Crippen molar-refractivity contribution >= 4 is 18.0 Å². The van der Waals surface area contributed by atoms with Gasteiger partial charge in [0.1, 0.15) is 5.75 Å². The zero-order valence-corrected chi connectivity index (χ0v) is 12.4. The van der Waals surface area contributed by atoms with Crippen LogP contribution in [-0.4, -0.2) is 44.3 Å². The van der Waals surface area contributed by atoms with Crippen LogP contribution >= 0.6 is 0 Å². The molecule has 0 radical (unpaired) electrons. The van der Waals surface area contributed by atoms with Crippen LogP contribution in [0.2, 0.25) is 0 Å². The molecule has 1 aliphatic rings. The van der Waals surface area contributed by atoms with E-state index < -0.39 is 5.91 Å². The van der Waals surface area contributed by atoms with Crippen LogP contribution in [0.5, 0.6) is 5.75 Å². The molecule has 2 rings (SSSR count). The van der Waals surface area contributed by atoms with Gasteiger partial charge in [0.15, 0.2) is 6.61 Å². The van der Waals surface area contributed by atoms with Gasteiger partial charge in [0.05, 0.1) is 19.9 Å². The van der Waals surface area contributed by atoms with Crippen molar-refractivity contribution in [2.24, 2.45) is 5.16 Å². The van der Waals surface area contributed by atoms with Crippen molar-refractivity contribution in [1.82, 2.24) is 10.6 Å². The van der Waals surface area contributed by atoms with E-state index in [1.54, 1.807) is 19.2 Å². The summed E-state index contributed by atoms with van der Waals surface area (Å²) in [5, 5.41) is 8.93. The van der Waals surface area contributed by atoms with E-state index in [1.807, 2.05) is 12.1 Å². The van der Waals surface area contributed by atoms with Gasteiger partial charge in [0.25, 0.3) is 5.91 Å². The Labute approximate surface area is 128 Å². The third kappa shape index (κ3) is 5.82. The number of benzene rings is 1. The van der Waals surface area contributed by atoms with Crippen molar-refractivity contribution < 1.29 is 19.2 Å². The molecular weight excluding hydrogens is 286 g/mol. The van der Waals surface area contributed by atoms with Gasteiger partial charge in [0, 0.05) is 6.04 Å². The van der Waals surface area contributed by atoms with Crippen LogP contribution in [0.1, 0.15) is 18.4 Å². The van der Waals surface area contributed by atoms with Gasteiger partial charge >= 0.3 is 0 Å². The highest BCUT2D eigenvalue weighted by Crippen LogP contribution is 2.18. The molecule has 118 valence electrons. The molecule has 1 fully saturated rings. The predicted molar refractivity (Wildman–Crippen MR) is 80.7 cm³/mol. The molecule has 2 amide bonds. The van der Waals surface area contributed by atoms with Crippen LogP contribution in [0.3, 0.4) is 0 Å². The van der Waals surface area contributed by atoms with E-state index in [-0.39, 0.29) is 25.1 Å². The first kappa shape index (κ1) is 15.8. The van der Waals surface area contributed by atoms with Crippen molar-refractivity contribution in [2.45, 2.75) is 18.9 Å². The minimum atomic E-state index is -0.391. The Balaban J connectivity index is 1.60. The van der Waals surface area contributed by atoms with Crippen molar-refractivity contribution in [2.75, 3.05) is 20.3 Å². The fourth-order valence-electron chi connectivity index (χ4n) is 1.62. The lowest BCUT2D eigenvalue weighted by Gasteiger charge is -2.05. The van der Waals surface area contributed by atoms with Crippen LogP contribution < -0.4 is 15.4 Å². The molecule has 0 atom stereocenters. The average molecular weight is 305 g/mol. The van der Waals surface area contributed by atoms with E-state index in [0.29, 0.717) is 0 Å². The summed E-state index contributed by atoms with van der Waals surface area (Å²) in [5.41, 5.74) is 0.824. The summed E-state index contributed by atoms with van der Waals surface area (Å²) in [5.74, 6) is 0.178. The van der Waals surface area contributed by atoms with E-state index in [0.717, 1.165) is 24.2 Å². The minimum Gasteiger partial charge on any atom is -0.497 e. The molecule has 0 unspecified atom stereocenters. The summed E-state index contributed by atoms with van der Waals surface area (Å²) in [7, 11) is 1.59. The van der Waals surface area contributed by atoms with E-state index in [2.05, 4.69) is 15.8 Å². The Morgan fingerprint density at radius 1 is 1.27 bits per heavy atom. The normalized spacial score (nSPS) is 13.7. The minimum absolute atomic E-state index is 0.0408. The van der Waals surface area contributed by atoms with Gasteiger partial charge in [-0.15, -0.1) is 0 Å². The maximum Gasteiger partial charge on any atom is 0.261 e. The monoisotopic (exact) mass is 305 g/mol. The third-order valence-corrected chi connectivity index (χ3v) is 2.98. The van der Waals surface area contributed by atoms with Gasteiger partial charge in [-0.05, 0) is 42.7 Å². The summed E-state index contributed by atoms with van der Waals surface area (Å²) in [6.07, 6.45) is 3.53. The van der Waals surface area contributed by atoms with Crippen LogP contribution in [0.15, 0.2) is 29.4 Å². The highest BCUT2D eigenvalue weighted by molar-refractivity contribution is 5.85. The first-order valence-electron chi connectivity index (χ1n) is 7.03. The third-order valence-electron chi connectivity index (χ3n) is 2.98. The number of hydrogen-bond donors (Lipinski definition) is 2. The lowest BCUT2D eigenvalue weighted by molar-refractivity contribution is -0.129. The molecule has 0 aromatic heterocycles. The summed E-state index contributed by atoms with van der Waals surface area (Å²) in [4.78, 5) is 27.7. The van der Waals surface area contributed by atoms with E-state index in [4.69, 9.17) is 9.57 Å². The molecule has 7 nitrogen and oxygen atoms in total.